The van der Waals surface area contributed by atoms with Crippen molar-refractivity contribution in [3.63, 3.8) is 0 Å². The lowest BCUT2D eigenvalue weighted by Gasteiger charge is -2.34. The molecule has 3 atom stereocenters. The van der Waals surface area contributed by atoms with Crippen LogP contribution >= 0.6 is 11.6 Å². The number of nitrogens with one attached hydrogen (secondary N) is 2. The number of aromatic amines is 1. The lowest BCUT2D eigenvalue weighted by atomic mass is 9.82. The molecule has 1 saturated carbocycles. The fourth-order valence-electron chi connectivity index (χ4n) is 3.45. The number of nitrogens with zero attached hydrogens (tertiary/aromatic N) is 1. The molecule has 6 nitrogen and oxygen atoms in total. The first-order valence-electron chi connectivity index (χ1n) is 8.41. The summed E-state index contributed by atoms with van der Waals surface area (Å²) in [5, 5.41) is 4.52. The molecule has 134 valence electrons. The number of carbonyl (C=O) groups excluding carboxylic acids is 2. The summed E-state index contributed by atoms with van der Waals surface area (Å²) in [4.78, 5) is 29.3. The molecule has 7 heteroatoms. The first kappa shape index (κ1) is 17.8. The number of fused-ring (bicyclic) bond motifs is 1. The molecule has 3 rings (SSSR count). The van der Waals surface area contributed by atoms with Crippen LogP contribution in [0, 0.1) is 5.92 Å². The zero-order valence-corrected chi connectivity index (χ0v) is 15.1. The van der Waals surface area contributed by atoms with Crippen molar-refractivity contribution in [1.82, 2.24) is 15.2 Å². The number of hydrogen-bond acceptors (Lipinski definition) is 3. The van der Waals surface area contributed by atoms with Gasteiger partial charge >= 0.3 is 0 Å². The molecule has 0 bridgehead atoms. The van der Waals surface area contributed by atoms with Crippen molar-refractivity contribution < 1.29 is 9.59 Å². The zero-order chi connectivity index (χ0) is 18.1. The van der Waals surface area contributed by atoms with E-state index in [1.54, 1.807) is 31.1 Å². The maximum Gasteiger partial charge on any atom is 0.268 e. The van der Waals surface area contributed by atoms with Crippen molar-refractivity contribution in [3.8, 4) is 0 Å². The third kappa shape index (κ3) is 3.80. The second-order valence-electron chi connectivity index (χ2n) is 6.90. The van der Waals surface area contributed by atoms with Gasteiger partial charge in [-0.15, -0.1) is 0 Å². The molecule has 1 aromatic carbocycles. The molecule has 0 saturated heterocycles. The largest absolute Gasteiger partial charge is 0.351 e. The molecular weight excluding hydrogens is 340 g/mol. The minimum atomic E-state index is -0.231. The van der Waals surface area contributed by atoms with Crippen LogP contribution in [0.5, 0.6) is 0 Å². The van der Waals surface area contributed by atoms with Crippen molar-refractivity contribution in [2.75, 3.05) is 14.1 Å². The summed E-state index contributed by atoms with van der Waals surface area (Å²) in [5.41, 5.74) is 7.56. The summed E-state index contributed by atoms with van der Waals surface area (Å²) in [5.74, 6) is -0.147. The Bertz CT molecular complexity index is 801. The average molecular weight is 363 g/mol. The first-order chi connectivity index (χ1) is 11.8. The number of nitrogens with two attached hydrogens (primary N) is 1. The molecule has 2 aromatic rings. The summed E-state index contributed by atoms with van der Waals surface area (Å²) in [6.07, 6.45) is 2.02. The zero-order valence-electron chi connectivity index (χ0n) is 14.4. The van der Waals surface area contributed by atoms with Crippen molar-refractivity contribution in [3.05, 3.63) is 35.0 Å². The summed E-state index contributed by atoms with van der Waals surface area (Å²) >= 11 is 5.98. The van der Waals surface area contributed by atoms with Gasteiger partial charge in [0.2, 0.25) is 5.91 Å². The van der Waals surface area contributed by atoms with E-state index in [2.05, 4.69) is 10.3 Å². The topological polar surface area (TPSA) is 91.2 Å². The van der Waals surface area contributed by atoms with E-state index >= 15 is 0 Å². The Kier molecular flexibility index (Phi) is 5.01. The van der Waals surface area contributed by atoms with Gasteiger partial charge in [0.1, 0.15) is 5.69 Å². The van der Waals surface area contributed by atoms with Gasteiger partial charge in [-0.3, -0.25) is 9.59 Å². The number of H-pyrrole nitrogens is 1. The second kappa shape index (κ2) is 7.06. The van der Waals surface area contributed by atoms with E-state index in [0.717, 1.165) is 17.3 Å². The SMILES string of the molecule is CN(C)C(=O)[C@H]1CC[C@H](NC(=O)c2cc3cc(Cl)ccc3[nH]2)[C@H](N)C1. The third-order valence-electron chi connectivity index (χ3n) is 4.83. The summed E-state index contributed by atoms with van der Waals surface area (Å²) in [6, 6.07) is 6.86. The highest BCUT2D eigenvalue weighted by Gasteiger charge is 2.33. The molecule has 0 radical (unpaired) electrons. The van der Waals surface area contributed by atoms with Crippen LogP contribution in [0.25, 0.3) is 10.9 Å². The number of amides is 2. The summed E-state index contributed by atoms with van der Waals surface area (Å²) in [6.45, 7) is 0. The molecule has 1 fully saturated rings. The number of halogens is 1. The third-order valence-corrected chi connectivity index (χ3v) is 5.07. The Morgan fingerprint density at radius 1 is 1.28 bits per heavy atom. The van der Waals surface area contributed by atoms with E-state index in [1.807, 2.05) is 12.1 Å². The van der Waals surface area contributed by atoms with Crippen LogP contribution < -0.4 is 11.1 Å². The fraction of sp³-hybridized carbons (Fsp3) is 0.444. The van der Waals surface area contributed by atoms with Crippen molar-refractivity contribution in [2.45, 2.75) is 31.3 Å². The van der Waals surface area contributed by atoms with Crippen LogP contribution in [0.3, 0.4) is 0 Å². The van der Waals surface area contributed by atoms with Crippen LogP contribution in [0.15, 0.2) is 24.3 Å². The monoisotopic (exact) mass is 362 g/mol. The van der Waals surface area contributed by atoms with Crippen LogP contribution in [0.2, 0.25) is 5.02 Å². The first-order valence-corrected chi connectivity index (χ1v) is 8.79. The molecule has 0 spiro atoms. The molecule has 25 heavy (non-hydrogen) atoms. The summed E-state index contributed by atoms with van der Waals surface area (Å²) in [7, 11) is 3.51. The maximum absolute atomic E-state index is 12.5. The Labute approximate surface area is 151 Å². The van der Waals surface area contributed by atoms with E-state index in [4.69, 9.17) is 17.3 Å². The molecule has 1 heterocycles. The van der Waals surface area contributed by atoms with Gasteiger partial charge in [-0.2, -0.15) is 0 Å². The van der Waals surface area contributed by atoms with Gasteiger partial charge in [-0.25, -0.2) is 0 Å². The molecular formula is C18H23ClN4O2. The average Bonchev–Trinajstić information content (AvgIpc) is 2.99. The maximum atomic E-state index is 12.5. The quantitative estimate of drug-likeness (QED) is 0.781. The molecule has 2 amide bonds. The fourth-order valence-corrected chi connectivity index (χ4v) is 3.63. The molecule has 4 N–H and O–H groups in total. The number of rotatable bonds is 3. The van der Waals surface area contributed by atoms with E-state index in [9.17, 15) is 9.59 Å². The highest BCUT2D eigenvalue weighted by Crippen LogP contribution is 2.26. The standard InChI is InChI=1S/C18H23ClN4O2/c1-23(2)18(25)10-3-5-15(13(20)8-10)22-17(24)16-9-11-7-12(19)4-6-14(11)21-16/h4,6-7,9-10,13,15,21H,3,5,8,20H2,1-2H3,(H,22,24)/t10-,13+,15-/m0/s1. The van der Waals surface area contributed by atoms with Gasteiger partial charge in [0, 0.05) is 48.0 Å². The van der Waals surface area contributed by atoms with Crippen molar-refractivity contribution in [1.29, 1.82) is 0 Å². The van der Waals surface area contributed by atoms with Crippen molar-refractivity contribution in [2.24, 2.45) is 11.7 Å². The summed E-state index contributed by atoms with van der Waals surface area (Å²) < 4.78 is 0. The van der Waals surface area contributed by atoms with Gasteiger partial charge < -0.3 is 20.9 Å². The number of hydrogen-bond donors (Lipinski definition) is 3. The van der Waals surface area contributed by atoms with Gasteiger partial charge in [0.25, 0.3) is 5.91 Å². The Morgan fingerprint density at radius 3 is 2.72 bits per heavy atom. The molecule has 1 aliphatic carbocycles. The van der Waals surface area contributed by atoms with Crippen molar-refractivity contribution >= 4 is 34.3 Å². The van der Waals surface area contributed by atoms with Crippen LogP contribution in [-0.4, -0.2) is 47.9 Å². The molecule has 1 aliphatic rings. The minimum absolute atomic E-state index is 0.0617. The lowest BCUT2D eigenvalue weighted by molar-refractivity contribution is -0.134. The van der Waals surface area contributed by atoms with E-state index < -0.39 is 0 Å². The van der Waals surface area contributed by atoms with E-state index in [0.29, 0.717) is 23.6 Å². The van der Waals surface area contributed by atoms with Gasteiger partial charge in [0.05, 0.1) is 0 Å². The normalized spacial score (nSPS) is 23.4. The second-order valence-corrected chi connectivity index (χ2v) is 7.34. The van der Waals surface area contributed by atoms with Gasteiger partial charge in [0.15, 0.2) is 0 Å². The minimum Gasteiger partial charge on any atom is -0.351 e. The Morgan fingerprint density at radius 2 is 2.04 bits per heavy atom. The number of benzene rings is 1. The van der Waals surface area contributed by atoms with E-state index in [1.165, 1.54) is 0 Å². The Balaban J connectivity index is 1.65. The number of carbonyl (C=O) groups is 2. The lowest BCUT2D eigenvalue weighted by Crippen LogP contribution is -2.52. The Hall–Kier alpha value is -2.05. The van der Waals surface area contributed by atoms with Gasteiger partial charge in [-0.05, 0) is 43.5 Å². The molecule has 0 unspecified atom stereocenters. The number of aromatic nitrogens is 1. The van der Waals surface area contributed by atoms with Crippen LogP contribution in [0.1, 0.15) is 29.8 Å². The smallest absolute Gasteiger partial charge is 0.268 e. The van der Waals surface area contributed by atoms with Crippen LogP contribution in [-0.2, 0) is 4.79 Å². The van der Waals surface area contributed by atoms with Gasteiger partial charge in [-0.1, -0.05) is 11.6 Å². The predicted molar refractivity (Wildman–Crippen MR) is 98.6 cm³/mol. The highest BCUT2D eigenvalue weighted by atomic mass is 35.5. The molecule has 0 aliphatic heterocycles. The molecule has 1 aromatic heterocycles. The van der Waals surface area contributed by atoms with Crippen LogP contribution in [0.4, 0.5) is 0 Å². The van der Waals surface area contributed by atoms with E-state index in [-0.39, 0.29) is 29.8 Å². The highest BCUT2D eigenvalue weighted by molar-refractivity contribution is 6.31. The predicted octanol–water partition coefficient (Wildman–Crippen LogP) is 2.14.